The van der Waals surface area contributed by atoms with Crippen molar-refractivity contribution in [3.63, 3.8) is 0 Å². The van der Waals surface area contributed by atoms with E-state index >= 15 is 0 Å². The van der Waals surface area contributed by atoms with E-state index in [2.05, 4.69) is 16.4 Å². The fourth-order valence-corrected chi connectivity index (χ4v) is 5.77. The average molecular weight is 415 g/mol. The van der Waals surface area contributed by atoms with E-state index < -0.39 is 5.54 Å². The molecule has 2 saturated heterocycles. The molecule has 0 aromatic carbocycles. The third-order valence-corrected chi connectivity index (χ3v) is 7.11. The second kappa shape index (κ2) is 7.81. The minimum Gasteiger partial charge on any atom is -0.467 e. The highest BCUT2D eigenvalue weighted by atomic mass is 16.5. The van der Waals surface area contributed by atoms with Crippen molar-refractivity contribution in [1.82, 2.24) is 15.2 Å². The summed E-state index contributed by atoms with van der Waals surface area (Å²) in [6, 6.07) is 3.65. The number of hydrogen-bond acceptors (Lipinski definition) is 6. The number of rotatable bonds is 0. The number of aromatic nitrogens is 1. The van der Waals surface area contributed by atoms with E-state index in [-0.39, 0.29) is 43.2 Å². The van der Waals surface area contributed by atoms with Crippen LogP contribution in [0.3, 0.4) is 0 Å². The van der Waals surface area contributed by atoms with E-state index in [1.165, 1.54) is 0 Å². The van der Waals surface area contributed by atoms with Crippen molar-refractivity contribution in [3.8, 4) is 5.88 Å². The van der Waals surface area contributed by atoms with Crippen LogP contribution in [-0.2, 0) is 19.1 Å². The molecule has 1 aromatic heterocycles. The Bertz CT molecular complexity index is 825. The predicted molar refractivity (Wildman–Crippen MR) is 107 cm³/mol. The maximum atomic E-state index is 13.3. The molecule has 8 heteroatoms. The van der Waals surface area contributed by atoms with Crippen molar-refractivity contribution in [3.05, 3.63) is 23.9 Å². The molecular formula is C22H29N3O5. The number of carbonyl (C=O) groups is 2. The zero-order chi connectivity index (χ0) is 20.7. The molecule has 30 heavy (non-hydrogen) atoms. The molecule has 0 radical (unpaired) electrons. The van der Waals surface area contributed by atoms with Crippen LogP contribution in [0.1, 0.15) is 50.5 Å². The van der Waals surface area contributed by atoms with Gasteiger partial charge in [0.25, 0.3) is 5.91 Å². The Morgan fingerprint density at radius 1 is 1.20 bits per heavy atom. The van der Waals surface area contributed by atoms with Gasteiger partial charge in [0.1, 0.15) is 6.61 Å². The first kappa shape index (κ1) is 19.8. The SMILES string of the molecule is C[C@@H]1C[C@@]2(COCC(=O)N2)[C@@H]2CO[C@H]3CC[C@H](CC3)c3cccnc3OCC(=O)N12. The van der Waals surface area contributed by atoms with Gasteiger partial charge in [0.15, 0.2) is 6.61 Å². The molecule has 1 aliphatic carbocycles. The molecule has 5 heterocycles. The van der Waals surface area contributed by atoms with Gasteiger partial charge in [0.05, 0.1) is 30.9 Å². The van der Waals surface area contributed by atoms with Crippen LogP contribution in [0.15, 0.2) is 18.3 Å². The number of ether oxygens (including phenoxy) is 3. The maximum Gasteiger partial charge on any atom is 0.261 e. The Hall–Kier alpha value is -2.19. The first-order valence-corrected chi connectivity index (χ1v) is 10.9. The first-order chi connectivity index (χ1) is 14.6. The molecule has 8 nitrogen and oxygen atoms in total. The topological polar surface area (TPSA) is 90.0 Å². The molecule has 1 N–H and O–H groups in total. The Morgan fingerprint density at radius 2 is 2.03 bits per heavy atom. The molecule has 2 bridgehead atoms. The molecular weight excluding hydrogens is 386 g/mol. The summed E-state index contributed by atoms with van der Waals surface area (Å²) in [4.78, 5) is 31.7. The number of pyridine rings is 1. The fraction of sp³-hybridized carbons (Fsp3) is 0.682. The minimum atomic E-state index is -0.613. The molecule has 162 valence electrons. The van der Waals surface area contributed by atoms with Gasteiger partial charge < -0.3 is 24.4 Å². The van der Waals surface area contributed by atoms with E-state index in [0.29, 0.717) is 31.4 Å². The van der Waals surface area contributed by atoms with Crippen LogP contribution >= 0.6 is 0 Å². The van der Waals surface area contributed by atoms with Crippen LogP contribution in [0.2, 0.25) is 0 Å². The summed E-state index contributed by atoms with van der Waals surface area (Å²) in [6.45, 7) is 2.77. The zero-order valence-corrected chi connectivity index (χ0v) is 17.3. The van der Waals surface area contributed by atoms with Crippen LogP contribution in [-0.4, -0.2) is 71.9 Å². The van der Waals surface area contributed by atoms with Crippen LogP contribution in [0.25, 0.3) is 0 Å². The largest absolute Gasteiger partial charge is 0.467 e. The summed E-state index contributed by atoms with van der Waals surface area (Å²) in [5.74, 6) is 0.680. The average Bonchev–Trinajstić information content (AvgIpc) is 3.01. The number of carbonyl (C=O) groups excluding carboxylic acids is 2. The highest BCUT2D eigenvalue weighted by Gasteiger charge is 2.55. The second-order valence-electron chi connectivity index (χ2n) is 9.06. The van der Waals surface area contributed by atoms with Gasteiger partial charge in [-0.15, -0.1) is 0 Å². The van der Waals surface area contributed by atoms with Crippen molar-refractivity contribution in [2.24, 2.45) is 0 Å². The van der Waals surface area contributed by atoms with E-state index in [4.69, 9.17) is 14.2 Å². The Labute approximate surface area is 176 Å². The van der Waals surface area contributed by atoms with E-state index in [1.807, 2.05) is 17.9 Å². The number of nitrogens with zero attached hydrogens (tertiary/aromatic N) is 2. The van der Waals surface area contributed by atoms with Crippen molar-refractivity contribution in [1.29, 1.82) is 0 Å². The Morgan fingerprint density at radius 3 is 2.83 bits per heavy atom. The zero-order valence-electron chi connectivity index (χ0n) is 17.3. The standard InChI is InChI=1S/C22H29N3O5/c1-14-9-22(13-28-11-19(26)24-22)18-10-29-16-6-4-15(5-7-16)17-3-2-8-23-21(17)30-12-20(27)25(14)18/h2-3,8,14-16,18H,4-7,9-13H2,1H3,(H,24,26)/t14-,15-,16+,18+,22-/m1/s1. The van der Waals surface area contributed by atoms with E-state index in [0.717, 1.165) is 31.2 Å². The van der Waals surface area contributed by atoms with E-state index in [1.54, 1.807) is 6.20 Å². The highest BCUT2D eigenvalue weighted by Crippen LogP contribution is 2.40. The molecule has 4 aliphatic heterocycles. The smallest absolute Gasteiger partial charge is 0.261 e. The van der Waals surface area contributed by atoms with Gasteiger partial charge in [-0.3, -0.25) is 9.59 Å². The highest BCUT2D eigenvalue weighted by molar-refractivity contribution is 5.81. The number of amides is 2. The number of morpholine rings is 1. The van der Waals surface area contributed by atoms with Crippen LogP contribution < -0.4 is 10.1 Å². The first-order valence-electron chi connectivity index (χ1n) is 10.9. The molecule has 1 saturated carbocycles. The molecule has 0 unspecified atom stereocenters. The number of fused-ring (bicyclic) bond motifs is 5. The van der Waals surface area contributed by atoms with Crippen LogP contribution in [0, 0.1) is 0 Å². The molecule has 3 atom stereocenters. The summed E-state index contributed by atoms with van der Waals surface area (Å²) in [7, 11) is 0. The summed E-state index contributed by atoms with van der Waals surface area (Å²) in [6.07, 6.45) is 6.46. The van der Waals surface area contributed by atoms with E-state index in [9.17, 15) is 9.59 Å². The van der Waals surface area contributed by atoms with Gasteiger partial charge >= 0.3 is 0 Å². The lowest BCUT2D eigenvalue weighted by Crippen LogP contribution is -2.65. The number of hydrogen-bond donors (Lipinski definition) is 1. The maximum absolute atomic E-state index is 13.3. The predicted octanol–water partition coefficient (Wildman–Crippen LogP) is 1.39. The van der Waals surface area contributed by atoms with Gasteiger partial charge in [-0.1, -0.05) is 6.07 Å². The minimum absolute atomic E-state index is 0.0543. The third kappa shape index (κ3) is 3.46. The summed E-state index contributed by atoms with van der Waals surface area (Å²) in [5, 5.41) is 3.13. The van der Waals surface area contributed by atoms with Crippen molar-refractivity contribution >= 4 is 11.8 Å². The number of nitrogens with one attached hydrogen (secondary N) is 1. The molecule has 2 amide bonds. The second-order valence-corrected chi connectivity index (χ2v) is 9.06. The molecule has 6 rings (SSSR count). The monoisotopic (exact) mass is 415 g/mol. The van der Waals surface area contributed by atoms with Gasteiger partial charge in [0, 0.05) is 17.8 Å². The van der Waals surface area contributed by atoms with Gasteiger partial charge in [-0.25, -0.2) is 4.98 Å². The van der Waals surface area contributed by atoms with Gasteiger partial charge in [-0.2, -0.15) is 0 Å². The lowest BCUT2D eigenvalue weighted by Gasteiger charge is -2.41. The Kier molecular flexibility index (Phi) is 5.14. The molecule has 1 spiro atoms. The normalized spacial score (nSPS) is 36.8. The van der Waals surface area contributed by atoms with Crippen molar-refractivity contribution < 1.29 is 23.8 Å². The van der Waals surface area contributed by atoms with Gasteiger partial charge in [-0.05, 0) is 51.0 Å². The quantitative estimate of drug-likeness (QED) is 0.689. The van der Waals surface area contributed by atoms with Crippen molar-refractivity contribution in [2.45, 2.75) is 68.7 Å². The van der Waals surface area contributed by atoms with Crippen molar-refractivity contribution in [2.75, 3.05) is 26.4 Å². The lowest BCUT2D eigenvalue weighted by atomic mass is 9.83. The summed E-state index contributed by atoms with van der Waals surface area (Å²) in [5.41, 5.74) is 0.469. The van der Waals surface area contributed by atoms with Gasteiger partial charge in [0.2, 0.25) is 11.8 Å². The summed E-state index contributed by atoms with van der Waals surface area (Å²) >= 11 is 0. The molecule has 3 fully saturated rings. The summed E-state index contributed by atoms with van der Waals surface area (Å²) < 4.78 is 17.9. The third-order valence-electron chi connectivity index (χ3n) is 7.11. The van der Waals surface area contributed by atoms with Crippen LogP contribution in [0.5, 0.6) is 5.88 Å². The Balaban J connectivity index is 1.47. The fourth-order valence-electron chi connectivity index (χ4n) is 5.77. The lowest BCUT2D eigenvalue weighted by molar-refractivity contribution is -0.145. The van der Waals surface area contributed by atoms with Crippen LogP contribution in [0.4, 0.5) is 0 Å². The molecule has 5 aliphatic rings. The molecule has 1 aromatic rings.